The Labute approximate surface area is 122 Å². The number of hydrogen-bond acceptors (Lipinski definition) is 4. The Balaban J connectivity index is 2.09. The number of hydrazone groups is 1. The normalized spacial score (nSPS) is 12.1. The van der Waals surface area contributed by atoms with Gasteiger partial charge in [-0.05, 0) is 24.6 Å². The van der Waals surface area contributed by atoms with Crippen molar-refractivity contribution in [2.24, 2.45) is 5.10 Å². The zero-order valence-corrected chi connectivity index (χ0v) is 11.8. The van der Waals surface area contributed by atoms with E-state index in [9.17, 15) is 13.2 Å². The second-order valence-electron chi connectivity index (χ2n) is 3.90. The molecule has 2 aromatic rings. The van der Waals surface area contributed by atoms with Crippen LogP contribution in [0.3, 0.4) is 0 Å². The fourth-order valence-electron chi connectivity index (χ4n) is 1.41. The summed E-state index contributed by atoms with van der Waals surface area (Å²) < 4.78 is 37.6. The molecule has 0 bridgehead atoms. The van der Waals surface area contributed by atoms with E-state index in [2.05, 4.69) is 15.5 Å². The van der Waals surface area contributed by atoms with E-state index in [1.807, 2.05) is 12.3 Å². The Morgan fingerprint density at radius 3 is 2.70 bits per heavy atom. The summed E-state index contributed by atoms with van der Waals surface area (Å²) in [7, 11) is 0. The first kappa shape index (κ1) is 14.8. The van der Waals surface area contributed by atoms with Crippen molar-refractivity contribution in [1.82, 2.24) is 4.98 Å². The van der Waals surface area contributed by atoms with E-state index < -0.39 is 11.7 Å². The molecule has 2 rings (SSSR count). The third-order valence-electron chi connectivity index (χ3n) is 2.29. The average molecular weight is 320 g/mol. The summed E-state index contributed by atoms with van der Waals surface area (Å²) in [6, 6.07) is 3.44. The van der Waals surface area contributed by atoms with Crippen LogP contribution >= 0.6 is 22.9 Å². The molecule has 0 amide bonds. The molecule has 1 N–H and O–H groups in total. The van der Waals surface area contributed by atoms with E-state index >= 15 is 0 Å². The van der Waals surface area contributed by atoms with Crippen LogP contribution in [0.4, 0.5) is 18.3 Å². The van der Waals surface area contributed by atoms with Crippen LogP contribution in [0.1, 0.15) is 16.8 Å². The van der Waals surface area contributed by atoms with Crippen LogP contribution in [0.2, 0.25) is 5.02 Å². The van der Waals surface area contributed by atoms with Crippen molar-refractivity contribution >= 4 is 34.3 Å². The third kappa shape index (κ3) is 3.71. The molecule has 0 spiro atoms. The van der Waals surface area contributed by atoms with E-state index in [4.69, 9.17) is 11.6 Å². The Hall–Kier alpha value is -1.60. The number of hydrogen-bond donors (Lipinski definition) is 1. The van der Waals surface area contributed by atoms with Gasteiger partial charge < -0.3 is 0 Å². The lowest BCUT2D eigenvalue weighted by atomic mass is 10.1. The van der Waals surface area contributed by atoms with Crippen LogP contribution in [0.25, 0.3) is 0 Å². The van der Waals surface area contributed by atoms with Gasteiger partial charge in [0, 0.05) is 5.38 Å². The Morgan fingerprint density at radius 1 is 1.40 bits per heavy atom. The number of benzene rings is 1. The smallest absolute Gasteiger partial charge is 0.253 e. The molecular weight excluding hydrogens is 311 g/mol. The lowest BCUT2D eigenvalue weighted by Gasteiger charge is -2.08. The molecule has 0 unspecified atom stereocenters. The summed E-state index contributed by atoms with van der Waals surface area (Å²) in [5.41, 5.74) is 3.16. The molecule has 1 aromatic carbocycles. The highest BCUT2D eigenvalue weighted by molar-refractivity contribution is 7.13. The largest absolute Gasteiger partial charge is 0.417 e. The zero-order valence-electron chi connectivity index (χ0n) is 10.2. The standard InChI is InChI=1S/C12H9ClF3N3S/c1-7-6-20-11(18-7)19-17-5-8-2-3-9(10(13)4-8)12(14,15)16/h2-6H,1H3,(H,18,19). The Bertz CT molecular complexity index is 637. The predicted molar refractivity (Wildman–Crippen MR) is 74.5 cm³/mol. The molecule has 0 radical (unpaired) electrons. The highest BCUT2D eigenvalue weighted by Crippen LogP contribution is 2.34. The maximum Gasteiger partial charge on any atom is 0.417 e. The first-order valence-electron chi connectivity index (χ1n) is 5.44. The van der Waals surface area contributed by atoms with E-state index in [1.165, 1.54) is 29.7 Å². The van der Waals surface area contributed by atoms with Crippen LogP contribution in [-0.2, 0) is 6.18 Å². The summed E-state index contributed by atoms with van der Waals surface area (Å²) in [6.45, 7) is 1.85. The molecule has 8 heteroatoms. The van der Waals surface area contributed by atoms with Crippen LogP contribution in [0.15, 0.2) is 28.7 Å². The number of anilines is 1. The molecule has 0 aliphatic carbocycles. The van der Waals surface area contributed by atoms with Crippen molar-refractivity contribution in [1.29, 1.82) is 0 Å². The van der Waals surface area contributed by atoms with E-state index in [1.54, 1.807) is 0 Å². The highest BCUT2D eigenvalue weighted by atomic mass is 35.5. The minimum Gasteiger partial charge on any atom is -0.253 e. The minimum absolute atomic E-state index is 0.355. The molecule has 0 saturated carbocycles. The summed E-state index contributed by atoms with van der Waals surface area (Å²) in [5.74, 6) is 0. The number of nitrogens with one attached hydrogen (secondary N) is 1. The van der Waals surface area contributed by atoms with Gasteiger partial charge in [0.15, 0.2) is 0 Å². The van der Waals surface area contributed by atoms with E-state index in [-0.39, 0.29) is 5.02 Å². The third-order valence-corrected chi connectivity index (χ3v) is 3.47. The van der Waals surface area contributed by atoms with Crippen molar-refractivity contribution in [3.8, 4) is 0 Å². The summed E-state index contributed by atoms with van der Waals surface area (Å²) >= 11 is 6.98. The lowest BCUT2D eigenvalue weighted by Crippen LogP contribution is -2.06. The second kappa shape index (κ2) is 5.80. The quantitative estimate of drug-likeness (QED) is 0.664. The molecule has 0 fully saturated rings. The molecule has 0 saturated heterocycles. The van der Waals surface area contributed by atoms with Crippen molar-refractivity contribution in [2.45, 2.75) is 13.1 Å². The van der Waals surface area contributed by atoms with E-state index in [0.717, 1.165) is 11.8 Å². The van der Waals surface area contributed by atoms with Gasteiger partial charge >= 0.3 is 6.18 Å². The summed E-state index contributed by atoms with van der Waals surface area (Å²) in [4.78, 5) is 4.12. The van der Waals surface area contributed by atoms with Crippen LogP contribution in [0.5, 0.6) is 0 Å². The van der Waals surface area contributed by atoms with E-state index in [0.29, 0.717) is 10.7 Å². The maximum absolute atomic E-state index is 12.5. The topological polar surface area (TPSA) is 37.3 Å². The SMILES string of the molecule is Cc1csc(NN=Cc2ccc(C(F)(F)F)c(Cl)c2)n1. The number of halogens is 4. The highest BCUT2D eigenvalue weighted by Gasteiger charge is 2.32. The summed E-state index contributed by atoms with van der Waals surface area (Å²) in [6.07, 6.45) is -3.08. The lowest BCUT2D eigenvalue weighted by molar-refractivity contribution is -0.137. The second-order valence-corrected chi connectivity index (χ2v) is 5.17. The molecule has 0 aliphatic rings. The van der Waals surface area contributed by atoms with Crippen molar-refractivity contribution in [3.63, 3.8) is 0 Å². The Kier molecular flexibility index (Phi) is 4.29. The van der Waals surface area contributed by atoms with Gasteiger partial charge in [-0.25, -0.2) is 4.98 Å². The van der Waals surface area contributed by atoms with Gasteiger partial charge in [0.05, 0.1) is 22.5 Å². The molecule has 0 aliphatic heterocycles. The van der Waals surface area contributed by atoms with Crippen LogP contribution < -0.4 is 5.43 Å². The van der Waals surface area contributed by atoms with Gasteiger partial charge in [-0.1, -0.05) is 17.7 Å². The first-order valence-corrected chi connectivity index (χ1v) is 6.70. The van der Waals surface area contributed by atoms with Crippen LogP contribution in [-0.4, -0.2) is 11.2 Å². The van der Waals surface area contributed by atoms with Gasteiger partial charge in [0.25, 0.3) is 0 Å². The molecule has 106 valence electrons. The molecule has 0 atom stereocenters. The first-order chi connectivity index (χ1) is 9.36. The number of alkyl halides is 3. The zero-order chi connectivity index (χ0) is 14.8. The number of aromatic nitrogens is 1. The van der Waals surface area contributed by atoms with Gasteiger partial charge in [-0.15, -0.1) is 11.3 Å². The van der Waals surface area contributed by atoms with Crippen molar-refractivity contribution in [2.75, 3.05) is 5.43 Å². The number of thiazole rings is 1. The molecule has 1 aromatic heterocycles. The summed E-state index contributed by atoms with van der Waals surface area (Å²) in [5, 5.41) is 6.00. The number of nitrogens with zero attached hydrogens (tertiary/aromatic N) is 2. The maximum atomic E-state index is 12.5. The average Bonchev–Trinajstić information content (AvgIpc) is 2.73. The predicted octanol–water partition coefficient (Wildman–Crippen LogP) is 4.57. The van der Waals surface area contributed by atoms with Gasteiger partial charge in [0.1, 0.15) is 0 Å². The monoisotopic (exact) mass is 319 g/mol. The van der Waals surface area contributed by atoms with Gasteiger partial charge in [-0.3, -0.25) is 5.43 Å². The molecule has 3 nitrogen and oxygen atoms in total. The fraction of sp³-hybridized carbons (Fsp3) is 0.167. The van der Waals surface area contributed by atoms with Crippen LogP contribution in [0, 0.1) is 6.92 Å². The fourth-order valence-corrected chi connectivity index (χ4v) is 2.34. The molecular formula is C12H9ClF3N3S. The molecule has 20 heavy (non-hydrogen) atoms. The van der Waals surface area contributed by atoms with Gasteiger partial charge in [-0.2, -0.15) is 18.3 Å². The Morgan fingerprint density at radius 2 is 2.15 bits per heavy atom. The van der Waals surface area contributed by atoms with Crippen molar-refractivity contribution in [3.05, 3.63) is 45.4 Å². The molecule has 1 heterocycles. The van der Waals surface area contributed by atoms with Gasteiger partial charge in [0.2, 0.25) is 5.13 Å². The minimum atomic E-state index is -4.45. The number of rotatable bonds is 3. The number of aryl methyl sites for hydroxylation is 1. The van der Waals surface area contributed by atoms with Crippen molar-refractivity contribution < 1.29 is 13.2 Å².